The van der Waals surface area contributed by atoms with E-state index in [1.54, 1.807) is 17.3 Å². The monoisotopic (exact) mass is 339 g/mol. The standard InChI is InChI=1S/C20H25N3O2/c1-15-13-17-5-2-3-6-18(17)19(15)22-20(25)23(11-4-12-24)14-16-7-9-21-10-8-16/h2-3,5-10,15,19,24H,4,11-14H2,1H3,(H,22,25)/t15-,19+/m0/s1. The molecule has 0 spiro atoms. The number of fused-ring (bicyclic) bond motifs is 1. The van der Waals surface area contributed by atoms with Crippen molar-refractivity contribution in [2.45, 2.75) is 32.4 Å². The Morgan fingerprint density at radius 1 is 1.28 bits per heavy atom. The molecule has 0 saturated heterocycles. The molecule has 1 aliphatic carbocycles. The average Bonchev–Trinajstić information content (AvgIpc) is 2.95. The highest BCUT2D eigenvalue weighted by Gasteiger charge is 2.31. The fourth-order valence-corrected chi connectivity index (χ4v) is 3.46. The van der Waals surface area contributed by atoms with Gasteiger partial charge in [0.25, 0.3) is 0 Å². The van der Waals surface area contributed by atoms with Crippen LogP contribution in [0.2, 0.25) is 0 Å². The lowest BCUT2D eigenvalue weighted by molar-refractivity contribution is 0.180. The summed E-state index contributed by atoms with van der Waals surface area (Å²) < 4.78 is 0. The lowest BCUT2D eigenvalue weighted by Crippen LogP contribution is -2.42. The van der Waals surface area contributed by atoms with Crippen molar-refractivity contribution in [3.8, 4) is 0 Å². The Morgan fingerprint density at radius 3 is 2.80 bits per heavy atom. The number of aromatic nitrogens is 1. The topological polar surface area (TPSA) is 65.5 Å². The summed E-state index contributed by atoms with van der Waals surface area (Å²) in [5.74, 6) is 0.377. The third kappa shape index (κ3) is 4.17. The summed E-state index contributed by atoms with van der Waals surface area (Å²) in [7, 11) is 0. The van der Waals surface area contributed by atoms with Crippen LogP contribution >= 0.6 is 0 Å². The Labute approximate surface area is 148 Å². The van der Waals surface area contributed by atoms with Crippen molar-refractivity contribution in [3.63, 3.8) is 0 Å². The zero-order chi connectivity index (χ0) is 17.6. The Kier molecular flexibility index (Phi) is 5.66. The van der Waals surface area contributed by atoms with Gasteiger partial charge in [-0.1, -0.05) is 31.2 Å². The molecule has 1 aromatic heterocycles. The van der Waals surface area contributed by atoms with Crippen LogP contribution in [0.15, 0.2) is 48.8 Å². The van der Waals surface area contributed by atoms with Crippen LogP contribution in [0.5, 0.6) is 0 Å². The highest BCUT2D eigenvalue weighted by Crippen LogP contribution is 2.35. The third-order valence-corrected chi connectivity index (χ3v) is 4.78. The number of nitrogens with zero attached hydrogens (tertiary/aromatic N) is 2. The maximum Gasteiger partial charge on any atom is 0.318 e. The van der Waals surface area contributed by atoms with Gasteiger partial charge in [-0.3, -0.25) is 4.98 Å². The maximum atomic E-state index is 12.9. The molecular formula is C20H25N3O2. The number of carbonyl (C=O) groups excluding carboxylic acids is 1. The van der Waals surface area contributed by atoms with Gasteiger partial charge >= 0.3 is 6.03 Å². The van der Waals surface area contributed by atoms with Gasteiger partial charge in [-0.25, -0.2) is 4.79 Å². The van der Waals surface area contributed by atoms with Crippen LogP contribution in [0, 0.1) is 5.92 Å². The van der Waals surface area contributed by atoms with E-state index in [2.05, 4.69) is 29.4 Å². The average molecular weight is 339 g/mol. The third-order valence-electron chi connectivity index (χ3n) is 4.78. The van der Waals surface area contributed by atoms with Crippen LogP contribution in [0.1, 0.15) is 36.1 Å². The van der Waals surface area contributed by atoms with Crippen LogP contribution in [-0.2, 0) is 13.0 Å². The second-order valence-corrected chi connectivity index (χ2v) is 6.66. The van der Waals surface area contributed by atoms with Crippen molar-refractivity contribution in [2.24, 2.45) is 5.92 Å². The summed E-state index contributed by atoms with van der Waals surface area (Å²) in [5.41, 5.74) is 3.56. The molecular weight excluding hydrogens is 314 g/mol. The van der Waals surface area contributed by atoms with Crippen molar-refractivity contribution in [2.75, 3.05) is 13.2 Å². The van der Waals surface area contributed by atoms with E-state index in [9.17, 15) is 4.79 Å². The highest BCUT2D eigenvalue weighted by molar-refractivity contribution is 5.75. The second kappa shape index (κ2) is 8.12. The number of rotatable bonds is 6. The molecule has 3 rings (SSSR count). The fourth-order valence-electron chi connectivity index (χ4n) is 3.46. The predicted molar refractivity (Wildman–Crippen MR) is 96.9 cm³/mol. The van der Waals surface area contributed by atoms with Crippen molar-refractivity contribution >= 4 is 6.03 Å². The summed E-state index contributed by atoms with van der Waals surface area (Å²) in [6, 6.07) is 12.1. The molecule has 5 heteroatoms. The first kappa shape index (κ1) is 17.4. The molecule has 0 radical (unpaired) electrons. The number of amides is 2. The molecule has 2 N–H and O–H groups in total. The Hall–Kier alpha value is -2.40. The molecule has 2 amide bonds. The summed E-state index contributed by atoms with van der Waals surface area (Å²) in [4.78, 5) is 18.7. The Balaban J connectivity index is 1.71. The van der Waals surface area contributed by atoms with Crippen molar-refractivity contribution in [1.82, 2.24) is 15.2 Å². The summed E-state index contributed by atoms with van der Waals surface area (Å²) in [6.45, 7) is 3.28. The van der Waals surface area contributed by atoms with Crippen LogP contribution in [-0.4, -0.2) is 34.2 Å². The normalized spacial score (nSPS) is 18.6. The van der Waals surface area contributed by atoms with E-state index in [-0.39, 0.29) is 18.7 Å². The van der Waals surface area contributed by atoms with Crippen LogP contribution < -0.4 is 5.32 Å². The molecule has 0 saturated carbocycles. The first-order valence-electron chi connectivity index (χ1n) is 8.82. The van der Waals surface area contributed by atoms with E-state index in [4.69, 9.17) is 5.11 Å². The molecule has 0 bridgehead atoms. The van der Waals surface area contributed by atoms with Gasteiger partial charge in [0.15, 0.2) is 0 Å². The van der Waals surface area contributed by atoms with Crippen LogP contribution in [0.25, 0.3) is 0 Å². The summed E-state index contributed by atoms with van der Waals surface area (Å²) in [5, 5.41) is 12.4. The minimum absolute atomic E-state index is 0.0396. The maximum absolute atomic E-state index is 12.9. The van der Waals surface area contributed by atoms with Gasteiger partial charge in [0.2, 0.25) is 0 Å². The van der Waals surface area contributed by atoms with Gasteiger partial charge in [0, 0.05) is 32.1 Å². The number of hydrogen-bond acceptors (Lipinski definition) is 3. The van der Waals surface area contributed by atoms with Crippen LogP contribution in [0.3, 0.4) is 0 Å². The van der Waals surface area contributed by atoms with E-state index in [0.29, 0.717) is 25.4 Å². The number of pyridine rings is 1. The molecule has 2 aromatic rings. The first-order valence-corrected chi connectivity index (χ1v) is 8.82. The highest BCUT2D eigenvalue weighted by atomic mass is 16.3. The smallest absolute Gasteiger partial charge is 0.318 e. The molecule has 2 atom stereocenters. The SMILES string of the molecule is C[C@H]1Cc2ccccc2[C@@H]1NC(=O)N(CCCO)Cc1ccncc1. The minimum atomic E-state index is -0.0844. The van der Waals surface area contributed by atoms with E-state index >= 15 is 0 Å². The van der Waals surface area contributed by atoms with Crippen LogP contribution in [0.4, 0.5) is 4.79 Å². The Morgan fingerprint density at radius 2 is 2.04 bits per heavy atom. The van der Waals surface area contributed by atoms with Gasteiger partial charge in [-0.05, 0) is 47.6 Å². The first-order chi connectivity index (χ1) is 12.2. The number of benzene rings is 1. The molecule has 1 heterocycles. The van der Waals surface area contributed by atoms with E-state index in [1.807, 2.05) is 24.3 Å². The van der Waals surface area contributed by atoms with Crippen molar-refractivity contribution in [1.29, 1.82) is 0 Å². The van der Waals surface area contributed by atoms with Gasteiger partial charge in [-0.15, -0.1) is 0 Å². The minimum Gasteiger partial charge on any atom is -0.396 e. The second-order valence-electron chi connectivity index (χ2n) is 6.66. The van der Waals surface area contributed by atoms with Gasteiger partial charge < -0.3 is 15.3 Å². The lowest BCUT2D eigenvalue weighted by atomic mass is 10.0. The molecule has 1 aliphatic rings. The molecule has 0 fully saturated rings. The Bertz CT molecular complexity index is 705. The van der Waals surface area contributed by atoms with E-state index < -0.39 is 0 Å². The molecule has 1 aromatic carbocycles. The number of aliphatic hydroxyl groups is 1. The lowest BCUT2D eigenvalue weighted by Gasteiger charge is -2.27. The van der Waals surface area contributed by atoms with Crippen molar-refractivity contribution < 1.29 is 9.90 Å². The van der Waals surface area contributed by atoms with E-state index in [0.717, 1.165) is 12.0 Å². The molecule has 132 valence electrons. The molecule has 0 unspecified atom stereocenters. The number of nitrogens with one attached hydrogen (secondary N) is 1. The number of carbonyl (C=O) groups is 1. The van der Waals surface area contributed by atoms with Gasteiger partial charge in [0.05, 0.1) is 6.04 Å². The zero-order valence-corrected chi connectivity index (χ0v) is 14.6. The summed E-state index contributed by atoms with van der Waals surface area (Å²) >= 11 is 0. The number of urea groups is 1. The molecule has 0 aliphatic heterocycles. The number of aliphatic hydroxyl groups excluding tert-OH is 1. The van der Waals surface area contributed by atoms with E-state index in [1.165, 1.54) is 11.1 Å². The fraction of sp³-hybridized carbons (Fsp3) is 0.400. The predicted octanol–water partition coefficient (Wildman–Crippen LogP) is 2.91. The molecule has 5 nitrogen and oxygen atoms in total. The molecule has 25 heavy (non-hydrogen) atoms. The summed E-state index contributed by atoms with van der Waals surface area (Å²) in [6.07, 6.45) is 5.01. The quantitative estimate of drug-likeness (QED) is 0.850. The van der Waals surface area contributed by atoms with Crippen molar-refractivity contribution in [3.05, 3.63) is 65.5 Å². The van der Waals surface area contributed by atoms with Gasteiger partial charge in [0.1, 0.15) is 0 Å². The largest absolute Gasteiger partial charge is 0.396 e. The zero-order valence-electron chi connectivity index (χ0n) is 14.6. The van der Waals surface area contributed by atoms with Gasteiger partial charge in [-0.2, -0.15) is 0 Å². The number of hydrogen-bond donors (Lipinski definition) is 2.